The highest BCUT2D eigenvalue weighted by Crippen LogP contribution is 2.25. The first kappa shape index (κ1) is 10.6. The Morgan fingerprint density at radius 3 is 3.06 bits per heavy atom. The van der Waals surface area contributed by atoms with Gasteiger partial charge in [-0.05, 0) is 24.3 Å². The van der Waals surface area contributed by atoms with Gasteiger partial charge in [0.1, 0.15) is 6.17 Å². The lowest BCUT2D eigenvalue weighted by molar-refractivity contribution is -0.115. The monoisotopic (exact) mass is 240 g/mol. The van der Waals surface area contributed by atoms with E-state index in [2.05, 4.69) is 10.3 Å². The maximum Gasteiger partial charge on any atom is 0.248 e. The summed E-state index contributed by atoms with van der Waals surface area (Å²) in [5.74, 6) is -0.419. The van der Waals surface area contributed by atoms with Gasteiger partial charge in [0.2, 0.25) is 5.91 Å². The summed E-state index contributed by atoms with van der Waals surface area (Å²) in [5.41, 5.74) is 7.61. The molecule has 3 heterocycles. The van der Waals surface area contributed by atoms with Gasteiger partial charge < -0.3 is 16.0 Å². The third-order valence-electron chi connectivity index (χ3n) is 2.92. The third-order valence-corrected chi connectivity index (χ3v) is 2.92. The molecule has 18 heavy (non-hydrogen) atoms. The normalized spacial score (nSPS) is 20.9. The Hall–Kier alpha value is -2.56. The van der Waals surface area contributed by atoms with Gasteiger partial charge in [0.25, 0.3) is 0 Å². The zero-order valence-electron chi connectivity index (χ0n) is 9.58. The van der Waals surface area contributed by atoms with Gasteiger partial charge in [0, 0.05) is 18.6 Å². The van der Waals surface area contributed by atoms with Crippen molar-refractivity contribution in [2.45, 2.75) is 6.17 Å². The molecular weight excluding hydrogens is 228 g/mol. The van der Waals surface area contributed by atoms with Crippen molar-refractivity contribution in [3.8, 4) is 0 Å². The molecule has 1 unspecified atom stereocenters. The van der Waals surface area contributed by atoms with Gasteiger partial charge >= 0.3 is 0 Å². The predicted octanol–water partition coefficient (Wildman–Crippen LogP) is 0.550. The molecule has 5 heteroatoms. The SMILES string of the molecule is NC(=O)C1=CC=CN2C=C(c3ccccn3)NC12. The summed E-state index contributed by atoms with van der Waals surface area (Å²) in [7, 11) is 0. The zero-order valence-corrected chi connectivity index (χ0v) is 9.58. The van der Waals surface area contributed by atoms with Crippen LogP contribution in [-0.2, 0) is 4.79 Å². The van der Waals surface area contributed by atoms with Gasteiger partial charge in [-0.15, -0.1) is 0 Å². The van der Waals surface area contributed by atoms with Gasteiger partial charge in [0.15, 0.2) is 0 Å². The topological polar surface area (TPSA) is 71.2 Å². The van der Waals surface area contributed by atoms with E-state index in [1.807, 2.05) is 35.5 Å². The Kier molecular flexibility index (Phi) is 2.37. The van der Waals surface area contributed by atoms with Crippen LogP contribution in [0.15, 0.2) is 54.5 Å². The summed E-state index contributed by atoms with van der Waals surface area (Å²) in [5, 5.41) is 3.24. The molecule has 3 rings (SSSR count). The summed E-state index contributed by atoms with van der Waals surface area (Å²) < 4.78 is 0. The molecule has 3 N–H and O–H groups in total. The Labute approximate surface area is 104 Å². The molecular formula is C13H12N4O. The lowest BCUT2D eigenvalue weighted by Gasteiger charge is -2.25. The van der Waals surface area contributed by atoms with Crippen LogP contribution in [0, 0.1) is 0 Å². The summed E-state index contributed by atoms with van der Waals surface area (Å²) >= 11 is 0. The molecule has 1 aromatic heterocycles. The molecule has 0 radical (unpaired) electrons. The van der Waals surface area contributed by atoms with Crippen molar-refractivity contribution in [3.05, 3.63) is 60.2 Å². The van der Waals surface area contributed by atoms with Gasteiger partial charge in [0.05, 0.1) is 17.0 Å². The lowest BCUT2D eigenvalue weighted by Crippen LogP contribution is -2.40. The van der Waals surface area contributed by atoms with E-state index in [0.29, 0.717) is 5.57 Å². The molecule has 0 aliphatic carbocycles. The highest BCUT2D eigenvalue weighted by molar-refractivity contribution is 5.94. The molecule has 0 spiro atoms. The number of pyridine rings is 1. The third kappa shape index (κ3) is 1.66. The second-order valence-corrected chi connectivity index (χ2v) is 4.08. The van der Waals surface area contributed by atoms with Crippen LogP contribution in [0.2, 0.25) is 0 Å². The summed E-state index contributed by atoms with van der Waals surface area (Å²) in [6.45, 7) is 0. The molecule has 1 aromatic rings. The molecule has 0 bridgehead atoms. The minimum atomic E-state index is -0.419. The number of hydrogen-bond acceptors (Lipinski definition) is 4. The van der Waals surface area contributed by atoms with Crippen molar-refractivity contribution < 1.29 is 4.79 Å². The minimum Gasteiger partial charge on any atom is -0.366 e. The average molecular weight is 240 g/mol. The van der Waals surface area contributed by atoms with Crippen molar-refractivity contribution in [2.75, 3.05) is 0 Å². The lowest BCUT2D eigenvalue weighted by atomic mass is 10.1. The fraction of sp³-hybridized carbons (Fsp3) is 0.0769. The second kappa shape index (κ2) is 4.03. The van der Waals surface area contributed by atoms with E-state index in [4.69, 9.17) is 5.73 Å². The fourth-order valence-corrected chi connectivity index (χ4v) is 2.07. The maximum atomic E-state index is 11.4. The van der Waals surface area contributed by atoms with Crippen LogP contribution >= 0.6 is 0 Å². The van der Waals surface area contributed by atoms with Crippen molar-refractivity contribution >= 4 is 11.6 Å². The predicted molar refractivity (Wildman–Crippen MR) is 67.4 cm³/mol. The van der Waals surface area contributed by atoms with Gasteiger partial charge in [-0.1, -0.05) is 6.07 Å². The maximum absolute atomic E-state index is 11.4. The molecule has 0 aromatic carbocycles. The van der Waals surface area contributed by atoms with E-state index in [0.717, 1.165) is 11.4 Å². The summed E-state index contributed by atoms with van der Waals surface area (Å²) in [4.78, 5) is 17.5. The zero-order chi connectivity index (χ0) is 12.5. The van der Waals surface area contributed by atoms with Crippen LogP contribution in [0.4, 0.5) is 0 Å². The molecule has 1 atom stereocenters. The van der Waals surface area contributed by atoms with Crippen molar-refractivity contribution in [2.24, 2.45) is 5.73 Å². The molecule has 5 nitrogen and oxygen atoms in total. The molecule has 0 saturated heterocycles. The molecule has 1 amide bonds. The van der Waals surface area contributed by atoms with E-state index in [9.17, 15) is 4.79 Å². The molecule has 90 valence electrons. The summed E-state index contributed by atoms with van der Waals surface area (Å²) in [6, 6.07) is 5.69. The number of rotatable bonds is 2. The van der Waals surface area contributed by atoms with Crippen molar-refractivity contribution in [3.63, 3.8) is 0 Å². The number of nitrogens with one attached hydrogen (secondary N) is 1. The first-order valence-corrected chi connectivity index (χ1v) is 5.61. The Balaban J connectivity index is 1.91. The van der Waals surface area contributed by atoms with E-state index in [1.165, 1.54) is 0 Å². The number of nitrogens with zero attached hydrogens (tertiary/aromatic N) is 2. The number of primary amides is 1. The van der Waals surface area contributed by atoms with Crippen LogP contribution < -0.4 is 11.1 Å². The number of fused-ring (bicyclic) bond motifs is 1. The fourth-order valence-electron chi connectivity index (χ4n) is 2.07. The van der Waals surface area contributed by atoms with E-state index in [-0.39, 0.29) is 6.17 Å². The van der Waals surface area contributed by atoms with Crippen LogP contribution in [0.25, 0.3) is 5.70 Å². The number of hydrogen-bond donors (Lipinski definition) is 2. The number of allylic oxidation sites excluding steroid dienone is 2. The van der Waals surface area contributed by atoms with Gasteiger partial charge in [-0.2, -0.15) is 0 Å². The van der Waals surface area contributed by atoms with Crippen LogP contribution in [0.3, 0.4) is 0 Å². The molecule has 2 aliphatic rings. The van der Waals surface area contributed by atoms with E-state index < -0.39 is 5.91 Å². The van der Waals surface area contributed by atoms with Crippen molar-refractivity contribution in [1.29, 1.82) is 0 Å². The Bertz CT molecular complexity index is 574. The number of carbonyl (C=O) groups is 1. The number of carbonyl (C=O) groups excluding carboxylic acids is 1. The van der Waals surface area contributed by atoms with Crippen molar-refractivity contribution in [1.82, 2.24) is 15.2 Å². The average Bonchev–Trinajstić information content (AvgIpc) is 2.83. The highest BCUT2D eigenvalue weighted by Gasteiger charge is 2.30. The first-order chi connectivity index (χ1) is 8.75. The summed E-state index contributed by atoms with van der Waals surface area (Å²) in [6.07, 6.45) is 8.83. The highest BCUT2D eigenvalue weighted by atomic mass is 16.1. The van der Waals surface area contributed by atoms with Gasteiger partial charge in [-0.25, -0.2) is 0 Å². The van der Waals surface area contributed by atoms with E-state index in [1.54, 1.807) is 18.3 Å². The van der Waals surface area contributed by atoms with Crippen LogP contribution in [0.1, 0.15) is 5.69 Å². The number of nitrogens with two attached hydrogens (primary N) is 1. The molecule has 0 saturated carbocycles. The number of aromatic nitrogens is 1. The second-order valence-electron chi connectivity index (χ2n) is 4.08. The minimum absolute atomic E-state index is 0.232. The molecule has 0 fully saturated rings. The quantitative estimate of drug-likeness (QED) is 0.792. The number of amides is 1. The van der Waals surface area contributed by atoms with E-state index >= 15 is 0 Å². The largest absolute Gasteiger partial charge is 0.366 e. The van der Waals surface area contributed by atoms with Gasteiger partial charge in [-0.3, -0.25) is 9.78 Å². The van der Waals surface area contributed by atoms with Crippen LogP contribution in [-0.4, -0.2) is 22.0 Å². The smallest absolute Gasteiger partial charge is 0.248 e. The molecule has 2 aliphatic heterocycles. The standard InChI is InChI=1S/C13H12N4O/c14-12(18)9-4-3-7-17-8-11(16-13(9)17)10-5-1-2-6-15-10/h1-8,13,16H,(H2,14,18). The Morgan fingerprint density at radius 1 is 1.44 bits per heavy atom. The first-order valence-electron chi connectivity index (χ1n) is 5.61. The van der Waals surface area contributed by atoms with Crippen LogP contribution in [0.5, 0.6) is 0 Å². The Morgan fingerprint density at radius 2 is 2.33 bits per heavy atom.